The molecule has 23 heavy (non-hydrogen) atoms. The van der Waals surface area contributed by atoms with E-state index in [-0.39, 0.29) is 12.6 Å². The number of pyridine rings is 1. The number of rotatable bonds is 3. The lowest BCUT2D eigenvalue weighted by Gasteiger charge is -2.08. The van der Waals surface area contributed by atoms with E-state index >= 15 is 0 Å². The van der Waals surface area contributed by atoms with E-state index in [4.69, 9.17) is 14.5 Å². The van der Waals surface area contributed by atoms with Crippen molar-refractivity contribution in [2.75, 3.05) is 6.79 Å². The van der Waals surface area contributed by atoms with Crippen molar-refractivity contribution in [3.63, 3.8) is 0 Å². The summed E-state index contributed by atoms with van der Waals surface area (Å²) in [5.74, 6) is 2.05. The molecule has 3 nitrogen and oxygen atoms in total. The molecule has 0 bridgehead atoms. The molecule has 5 heteroatoms. The zero-order valence-electron chi connectivity index (χ0n) is 12.5. The Hall–Kier alpha value is -2.27. The van der Waals surface area contributed by atoms with Crippen molar-refractivity contribution in [2.24, 2.45) is 0 Å². The molecule has 0 saturated carbocycles. The topological polar surface area (TPSA) is 31.4 Å². The van der Waals surface area contributed by atoms with Crippen LogP contribution in [0.1, 0.15) is 11.1 Å². The average molecular weight is 327 g/mol. The minimum absolute atomic E-state index is 0.213. The summed E-state index contributed by atoms with van der Waals surface area (Å²) in [6.07, 6.45) is 0. The number of thioether (sulfide) groups is 1. The van der Waals surface area contributed by atoms with Gasteiger partial charge in [-0.1, -0.05) is 12.1 Å². The van der Waals surface area contributed by atoms with Crippen LogP contribution in [-0.4, -0.2) is 11.8 Å². The van der Waals surface area contributed by atoms with E-state index < -0.39 is 0 Å². The predicted molar refractivity (Wildman–Crippen MR) is 88.6 cm³/mol. The smallest absolute Gasteiger partial charge is 0.231 e. The van der Waals surface area contributed by atoms with Gasteiger partial charge in [0.2, 0.25) is 6.79 Å². The van der Waals surface area contributed by atoms with Gasteiger partial charge in [-0.25, -0.2) is 9.37 Å². The van der Waals surface area contributed by atoms with Crippen LogP contribution in [0.25, 0.3) is 10.9 Å². The van der Waals surface area contributed by atoms with E-state index in [1.54, 1.807) is 23.9 Å². The van der Waals surface area contributed by atoms with Gasteiger partial charge >= 0.3 is 0 Å². The first-order valence-corrected chi connectivity index (χ1v) is 8.26. The predicted octanol–water partition coefficient (Wildman–Crippen LogP) is 4.70. The summed E-state index contributed by atoms with van der Waals surface area (Å²) < 4.78 is 23.8. The molecular weight excluding hydrogens is 313 g/mol. The molecule has 0 aliphatic carbocycles. The summed E-state index contributed by atoms with van der Waals surface area (Å²) in [5, 5.41) is 2.01. The summed E-state index contributed by atoms with van der Waals surface area (Å²) >= 11 is 1.65. The minimum atomic E-state index is -0.213. The lowest BCUT2D eigenvalue weighted by atomic mass is 10.1. The van der Waals surface area contributed by atoms with Crippen LogP contribution in [0.4, 0.5) is 4.39 Å². The Kier molecular flexibility index (Phi) is 3.58. The molecule has 0 saturated heterocycles. The molecule has 116 valence electrons. The first-order valence-electron chi connectivity index (χ1n) is 7.27. The third kappa shape index (κ3) is 2.84. The SMILES string of the molecule is Cc1cc2cc3c(cc2nc1SCc1ccc(F)cc1)OCO3. The third-order valence-corrected chi connectivity index (χ3v) is 4.91. The van der Waals surface area contributed by atoms with Gasteiger partial charge in [-0.15, -0.1) is 11.8 Å². The van der Waals surface area contributed by atoms with Crippen LogP contribution in [0, 0.1) is 12.7 Å². The Morgan fingerprint density at radius 3 is 2.61 bits per heavy atom. The van der Waals surface area contributed by atoms with Gasteiger partial charge in [0.05, 0.1) is 10.5 Å². The molecule has 1 aromatic heterocycles. The fraction of sp³-hybridized carbons (Fsp3) is 0.167. The van der Waals surface area contributed by atoms with Crippen molar-refractivity contribution in [1.82, 2.24) is 4.98 Å². The largest absolute Gasteiger partial charge is 0.454 e. The number of hydrogen-bond donors (Lipinski definition) is 0. The Labute approximate surface area is 137 Å². The molecule has 1 aliphatic rings. The zero-order valence-corrected chi connectivity index (χ0v) is 13.3. The van der Waals surface area contributed by atoms with Crippen LogP contribution in [0.3, 0.4) is 0 Å². The maximum Gasteiger partial charge on any atom is 0.231 e. The van der Waals surface area contributed by atoms with Gasteiger partial charge in [0, 0.05) is 17.2 Å². The van der Waals surface area contributed by atoms with E-state index in [1.807, 2.05) is 19.1 Å². The van der Waals surface area contributed by atoms with Gasteiger partial charge in [0.15, 0.2) is 11.5 Å². The standard InChI is InChI=1S/C18H14FNO2S/c1-11-6-13-7-16-17(22-10-21-16)8-15(13)20-18(11)23-9-12-2-4-14(19)5-3-12/h2-8H,9-10H2,1H3. The summed E-state index contributed by atoms with van der Waals surface area (Å²) in [7, 11) is 0. The number of nitrogens with zero attached hydrogens (tertiary/aromatic N) is 1. The highest BCUT2D eigenvalue weighted by atomic mass is 32.2. The van der Waals surface area contributed by atoms with Gasteiger partial charge in [0.25, 0.3) is 0 Å². The minimum Gasteiger partial charge on any atom is -0.454 e. The summed E-state index contributed by atoms with van der Waals surface area (Å²) in [4.78, 5) is 4.74. The number of benzene rings is 2. The maximum absolute atomic E-state index is 13.0. The normalized spacial score (nSPS) is 12.8. The first-order chi connectivity index (χ1) is 11.2. The summed E-state index contributed by atoms with van der Waals surface area (Å²) in [6, 6.07) is 12.6. The van der Waals surface area contributed by atoms with Crippen LogP contribution >= 0.6 is 11.8 Å². The van der Waals surface area contributed by atoms with Gasteiger partial charge in [-0.2, -0.15) is 0 Å². The summed E-state index contributed by atoms with van der Waals surface area (Å²) in [5.41, 5.74) is 3.08. The molecule has 0 spiro atoms. The number of aryl methyl sites for hydroxylation is 1. The Bertz CT molecular complexity index is 880. The molecule has 0 fully saturated rings. The monoisotopic (exact) mass is 327 g/mol. The maximum atomic E-state index is 13.0. The highest BCUT2D eigenvalue weighted by Gasteiger charge is 2.15. The quantitative estimate of drug-likeness (QED) is 0.652. The van der Waals surface area contributed by atoms with Gasteiger partial charge in [-0.3, -0.25) is 0 Å². The Morgan fingerprint density at radius 1 is 1.09 bits per heavy atom. The van der Waals surface area contributed by atoms with E-state index in [9.17, 15) is 4.39 Å². The van der Waals surface area contributed by atoms with Crippen molar-refractivity contribution >= 4 is 22.7 Å². The van der Waals surface area contributed by atoms with Crippen molar-refractivity contribution in [2.45, 2.75) is 17.7 Å². The number of aromatic nitrogens is 1. The van der Waals surface area contributed by atoms with Crippen molar-refractivity contribution < 1.29 is 13.9 Å². The zero-order chi connectivity index (χ0) is 15.8. The van der Waals surface area contributed by atoms with E-state index in [1.165, 1.54) is 12.1 Å². The fourth-order valence-electron chi connectivity index (χ4n) is 2.53. The van der Waals surface area contributed by atoms with E-state index in [2.05, 4.69) is 6.07 Å². The average Bonchev–Trinajstić information content (AvgIpc) is 2.99. The molecule has 0 unspecified atom stereocenters. The van der Waals surface area contributed by atoms with Crippen molar-refractivity contribution in [3.8, 4) is 11.5 Å². The highest BCUT2D eigenvalue weighted by molar-refractivity contribution is 7.98. The highest BCUT2D eigenvalue weighted by Crippen LogP contribution is 2.37. The van der Waals surface area contributed by atoms with Gasteiger partial charge in [0.1, 0.15) is 5.82 Å². The second-order valence-electron chi connectivity index (χ2n) is 5.42. The second-order valence-corrected chi connectivity index (χ2v) is 6.39. The molecule has 4 rings (SSSR count). The molecule has 2 aromatic carbocycles. The molecule has 0 atom stereocenters. The lowest BCUT2D eigenvalue weighted by molar-refractivity contribution is 0.174. The van der Waals surface area contributed by atoms with Crippen LogP contribution in [0.5, 0.6) is 11.5 Å². The fourth-order valence-corrected chi connectivity index (χ4v) is 3.48. The number of hydrogen-bond acceptors (Lipinski definition) is 4. The van der Waals surface area contributed by atoms with E-state index in [0.29, 0.717) is 0 Å². The second kappa shape index (κ2) is 5.74. The van der Waals surface area contributed by atoms with Crippen LogP contribution in [-0.2, 0) is 5.75 Å². The number of halogens is 1. The van der Waals surface area contributed by atoms with Crippen LogP contribution in [0.15, 0.2) is 47.5 Å². The third-order valence-electron chi connectivity index (χ3n) is 3.74. The van der Waals surface area contributed by atoms with E-state index in [0.717, 1.165) is 44.3 Å². The van der Waals surface area contributed by atoms with Gasteiger partial charge in [-0.05, 0) is 42.3 Å². The Balaban J connectivity index is 1.63. The first kappa shape index (κ1) is 14.3. The molecule has 3 aromatic rings. The lowest BCUT2D eigenvalue weighted by Crippen LogP contribution is -1.92. The Morgan fingerprint density at radius 2 is 1.83 bits per heavy atom. The number of ether oxygens (including phenoxy) is 2. The molecular formula is C18H14FNO2S. The summed E-state index contributed by atoms with van der Waals surface area (Å²) in [6.45, 7) is 2.31. The van der Waals surface area contributed by atoms with Crippen molar-refractivity contribution in [1.29, 1.82) is 0 Å². The van der Waals surface area contributed by atoms with Gasteiger partial charge < -0.3 is 9.47 Å². The molecule has 1 aliphatic heterocycles. The molecule has 2 heterocycles. The van der Waals surface area contributed by atoms with Crippen molar-refractivity contribution in [3.05, 3.63) is 59.4 Å². The van der Waals surface area contributed by atoms with Crippen LogP contribution in [0.2, 0.25) is 0 Å². The molecule has 0 N–H and O–H groups in total. The van der Waals surface area contributed by atoms with Crippen LogP contribution < -0.4 is 9.47 Å². The molecule has 0 radical (unpaired) electrons. The molecule has 0 amide bonds. The number of fused-ring (bicyclic) bond motifs is 2.